The Balaban J connectivity index is 0.783. The first kappa shape index (κ1) is 42.1. The van der Waals surface area contributed by atoms with Gasteiger partial charge in [-0.15, -0.1) is 13.0 Å². The number of aliphatic hydroxyl groups is 1. The van der Waals surface area contributed by atoms with Crippen molar-refractivity contribution in [2.45, 2.75) is 245 Å². The van der Waals surface area contributed by atoms with Gasteiger partial charge in [0.1, 0.15) is 30.2 Å². The molecule has 12 nitrogen and oxygen atoms in total. The van der Waals surface area contributed by atoms with Gasteiger partial charge in [0.25, 0.3) is 0 Å². The summed E-state index contributed by atoms with van der Waals surface area (Å²) in [4.78, 5) is 0. The van der Waals surface area contributed by atoms with Crippen molar-refractivity contribution in [2.24, 2.45) is 5.92 Å². The zero-order valence-corrected chi connectivity index (χ0v) is 36.2. The van der Waals surface area contributed by atoms with Crippen LogP contribution in [0.15, 0.2) is 36.1 Å². The lowest BCUT2D eigenvalue weighted by molar-refractivity contribution is -0.313. The second-order valence-corrected chi connectivity index (χ2v) is 20.2. The van der Waals surface area contributed by atoms with Gasteiger partial charge in [0.2, 0.25) is 0 Å². The fraction of sp³-hybridized carbons (Fsp3) is 0.833. The quantitative estimate of drug-likeness (QED) is 0.266. The van der Waals surface area contributed by atoms with Crippen molar-refractivity contribution in [1.82, 2.24) is 0 Å². The lowest BCUT2D eigenvalue weighted by Crippen LogP contribution is -2.64. The molecule has 0 bridgehead atoms. The molecule has 10 aliphatic heterocycles. The van der Waals surface area contributed by atoms with Crippen molar-refractivity contribution in [3.05, 3.63) is 36.1 Å². The number of hydrogen-bond donors (Lipinski definition) is 1. The molecule has 9 saturated heterocycles. The maximum atomic E-state index is 11.1. The van der Waals surface area contributed by atoms with Crippen molar-refractivity contribution in [2.75, 3.05) is 0 Å². The van der Waals surface area contributed by atoms with Crippen LogP contribution in [0.25, 0.3) is 0 Å². The molecule has 10 heterocycles. The van der Waals surface area contributed by atoms with Crippen molar-refractivity contribution >= 4 is 0 Å². The molecule has 0 spiro atoms. The number of hydrogen-bond acceptors (Lipinski definition) is 12. The Bertz CT molecular complexity index is 1690. The highest BCUT2D eigenvalue weighted by molar-refractivity contribution is 5.24. The topological polar surface area (TPSA) is 122 Å². The third-order valence-corrected chi connectivity index (χ3v) is 15.8. The molecule has 12 heteroatoms. The Morgan fingerprint density at radius 1 is 0.767 bits per heavy atom. The Kier molecular flexibility index (Phi) is 11.7. The molecule has 0 saturated carbocycles. The SMILES string of the molecule is C#CC1OC2CC3OC(CC(=C)C)CC(O)C3OC2CC1OC1CC2OC3CCC4OC5CC6OC7C(C)=CC(=C)OC7CC6OC5C[C@@H](C)C4OC3CC2OC1(C)CC. The highest BCUT2D eigenvalue weighted by Gasteiger charge is 2.57. The minimum Gasteiger partial charge on any atom is -0.488 e. The summed E-state index contributed by atoms with van der Waals surface area (Å²) >= 11 is 0. The van der Waals surface area contributed by atoms with Gasteiger partial charge in [-0.1, -0.05) is 31.9 Å². The molecule has 22 unspecified atom stereocenters. The van der Waals surface area contributed by atoms with Crippen molar-refractivity contribution in [3.63, 3.8) is 0 Å². The van der Waals surface area contributed by atoms with Crippen LogP contribution in [0.1, 0.15) is 112 Å². The van der Waals surface area contributed by atoms with Crippen molar-refractivity contribution < 1.29 is 57.2 Å². The van der Waals surface area contributed by atoms with Gasteiger partial charge in [0.05, 0.1) is 109 Å². The van der Waals surface area contributed by atoms with Gasteiger partial charge < -0.3 is 57.2 Å². The van der Waals surface area contributed by atoms with E-state index in [-0.39, 0.29) is 110 Å². The summed E-state index contributed by atoms with van der Waals surface area (Å²) in [6.45, 7) is 18.8. The summed E-state index contributed by atoms with van der Waals surface area (Å²) in [6.07, 6.45) is 12.9. The molecule has 332 valence electrons. The van der Waals surface area contributed by atoms with E-state index >= 15 is 0 Å². The van der Waals surface area contributed by atoms with E-state index in [1.807, 2.05) is 13.0 Å². The van der Waals surface area contributed by atoms with E-state index in [4.69, 9.17) is 58.5 Å². The van der Waals surface area contributed by atoms with E-state index in [2.05, 4.69) is 46.8 Å². The van der Waals surface area contributed by atoms with E-state index in [0.29, 0.717) is 37.9 Å². The van der Waals surface area contributed by atoms with Crippen LogP contribution in [-0.2, 0) is 52.1 Å². The monoisotopic (exact) mass is 836 g/mol. The largest absolute Gasteiger partial charge is 0.488 e. The van der Waals surface area contributed by atoms with Gasteiger partial charge in [-0.25, -0.2) is 0 Å². The minimum atomic E-state index is -0.615. The molecule has 0 aromatic rings. The van der Waals surface area contributed by atoms with Gasteiger partial charge in [0.15, 0.2) is 0 Å². The van der Waals surface area contributed by atoms with Crippen LogP contribution in [0, 0.1) is 18.3 Å². The van der Waals surface area contributed by atoms with Gasteiger partial charge in [0, 0.05) is 44.9 Å². The fourth-order valence-corrected chi connectivity index (χ4v) is 12.6. The highest BCUT2D eigenvalue weighted by Crippen LogP contribution is 2.48. The van der Waals surface area contributed by atoms with E-state index in [0.717, 1.165) is 56.1 Å². The molecule has 10 aliphatic rings. The maximum absolute atomic E-state index is 11.1. The molecular formula is C48H68O12. The molecule has 0 aliphatic carbocycles. The first-order valence-corrected chi connectivity index (χ1v) is 23.2. The van der Waals surface area contributed by atoms with Crippen LogP contribution in [0.3, 0.4) is 0 Å². The average Bonchev–Trinajstić information content (AvgIpc) is 3.45. The summed E-state index contributed by atoms with van der Waals surface area (Å²) in [5, 5.41) is 11.1. The van der Waals surface area contributed by atoms with E-state index in [9.17, 15) is 5.11 Å². The highest BCUT2D eigenvalue weighted by atomic mass is 16.6. The Morgan fingerprint density at radius 3 is 2.17 bits per heavy atom. The van der Waals surface area contributed by atoms with E-state index < -0.39 is 30.0 Å². The van der Waals surface area contributed by atoms with E-state index in [1.54, 1.807) is 0 Å². The number of rotatable bonds is 5. The summed E-state index contributed by atoms with van der Waals surface area (Å²) in [5.41, 5.74) is 1.62. The maximum Gasteiger partial charge on any atom is 0.144 e. The first-order valence-electron chi connectivity index (χ1n) is 23.2. The summed E-state index contributed by atoms with van der Waals surface area (Å²) in [5.74, 6) is 3.82. The number of allylic oxidation sites excluding steroid dienone is 1. The van der Waals surface area contributed by atoms with Gasteiger partial charge in [-0.3, -0.25) is 0 Å². The number of fused-ring (bicyclic) bond motifs is 8. The lowest BCUT2D eigenvalue weighted by atomic mass is 9.82. The third kappa shape index (κ3) is 7.88. The van der Waals surface area contributed by atoms with Crippen molar-refractivity contribution in [3.8, 4) is 12.3 Å². The lowest BCUT2D eigenvalue weighted by Gasteiger charge is -2.54. The summed E-state index contributed by atoms with van der Waals surface area (Å²) in [6, 6.07) is 0. The summed E-state index contributed by atoms with van der Waals surface area (Å²) in [7, 11) is 0. The molecule has 0 aromatic heterocycles. The first-order chi connectivity index (χ1) is 28.8. The predicted molar refractivity (Wildman–Crippen MR) is 219 cm³/mol. The number of terminal acetylenes is 1. The molecule has 0 amide bonds. The second kappa shape index (κ2) is 16.6. The van der Waals surface area contributed by atoms with Crippen LogP contribution < -0.4 is 0 Å². The van der Waals surface area contributed by atoms with Crippen LogP contribution in [0.2, 0.25) is 0 Å². The standard InChI is InChI=1S/C48H68O12/c1-9-29-33(17-39-36(52-29)21-43-47(59-39)28(49)16-27(51-43)13-23(3)4)56-44-22-40-41(60-48(44,8)10-2)19-34-30(53-40)11-12-31-45(57-34)25(6)15-32-35(54-31)18-38-37(55-32)20-42-46(58-38)24(5)14-26(7)50-42/h1,14,25,27-47,49H,3,7,10-13,15-22H2,2,4-6,8H3/t25-,27?,28?,29?,30?,31?,32?,33?,34?,35?,36?,37?,38?,39?,40?,41?,42?,43?,44?,45?,46?,47?,48?/m1/s1. The molecule has 10 rings (SSSR count). The summed E-state index contributed by atoms with van der Waals surface area (Å²) < 4.78 is 74.3. The smallest absolute Gasteiger partial charge is 0.144 e. The molecular weight excluding hydrogens is 769 g/mol. The zero-order chi connectivity index (χ0) is 41.6. The average molecular weight is 837 g/mol. The van der Waals surface area contributed by atoms with Crippen LogP contribution in [0.5, 0.6) is 0 Å². The van der Waals surface area contributed by atoms with E-state index in [1.165, 1.54) is 0 Å². The number of aliphatic hydroxyl groups excluding tert-OH is 1. The van der Waals surface area contributed by atoms with Crippen LogP contribution >= 0.6 is 0 Å². The Morgan fingerprint density at radius 2 is 1.38 bits per heavy atom. The molecule has 9 fully saturated rings. The Labute approximate surface area is 356 Å². The van der Waals surface area contributed by atoms with Gasteiger partial charge in [-0.05, 0) is 70.4 Å². The Hall–Kier alpha value is -1.86. The molecule has 60 heavy (non-hydrogen) atoms. The van der Waals surface area contributed by atoms with Gasteiger partial charge in [-0.2, -0.15) is 0 Å². The molecule has 0 radical (unpaired) electrons. The zero-order valence-electron chi connectivity index (χ0n) is 36.2. The second-order valence-electron chi connectivity index (χ2n) is 20.2. The van der Waals surface area contributed by atoms with Crippen LogP contribution in [0.4, 0.5) is 0 Å². The normalized spacial score (nSPS) is 53.5. The molecule has 1 N–H and O–H groups in total. The molecule has 0 aromatic carbocycles. The number of ether oxygens (including phenoxy) is 11. The van der Waals surface area contributed by atoms with Crippen molar-refractivity contribution in [1.29, 1.82) is 0 Å². The fourth-order valence-electron chi connectivity index (χ4n) is 12.6. The van der Waals surface area contributed by atoms with Crippen LogP contribution in [-0.4, -0.2) is 139 Å². The third-order valence-electron chi connectivity index (χ3n) is 15.8. The van der Waals surface area contributed by atoms with Gasteiger partial charge >= 0.3 is 0 Å². The predicted octanol–water partition coefficient (Wildman–Crippen LogP) is 5.80. The minimum absolute atomic E-state index is 0.0180. The molecule has 23 atom stereocenters.